The number of halogens is 1. The van der Waals surface area contributed by atoms with Gasteiger partial charge in [-0.25, -0.2) is 4.39 Å². The lowest BCUT2D eigenvalue weighted by Gasteiger charge is -2.27. The lowest BCUT2D eigenvalue weighted by atomic mass is 9.85. The maximum atomic E-state index is 12.9. The third kappa shape index (κ3) is 4.04. The highest BCUT2D eigenvalue weighted by atomic mass is 19.1. The van der Waals surface area contributed by atoms with E-state index in [1.54, 1.807) is 12.1 Å². The second-order valence-corrected chi connectivity index (χ2v) is 6.46. The summed E-state index contributed by atoms with van der Waals surface area (Å²) in [4.78, 5) is 0. The van der Waals surface area contributed by atoms with Crippen LogP contribution in [0.3, 0.4) is 0 Å². The van der Waals surface area contributed by atoms with Gasteiger partial charge < -0.3 is 5.11 Å². The van der Waals surface area contributed by atoms with Crippen molar-refractivity contribution in [1.82, 2.24) is 0 Å². The van der Waals surface area contributed by atoms with E-state index in [4.69, 9.17) is 0 Å². The third-order valence-corrected chi connectivity index (χ3v) is 4.59. The molecule has 1 aliphatic rings. The number of hydrogen-bond acceptors (Lipinski definition) is 1. The van der Waals surface area contributed by atoms with E-state index in [1.807, 2.05) is 0 Å². The standard InChI is InChI=1S/C17H25FO/c1-13(2)15-4-3-10-17(19,11-9-15)12-14-5-7-16(18)8-6-14/h5-8,13,15,19H,3-4,9-12H2,1-2H3. The minimum atomic E-state index is -0.596. The van der Waals surface area contributed by atoms with E-state index in [0.29, 0.717) is 12.3 Å². The van der Waals surface area contributed by atoms with Gasteiger partial charge in [-0.3, -0.25) is 0 Å². The van der Waals surface area contributed by atoms with E-state index >= 15 is 0 Å². The maximum absolute atomic E-state index is 12.9. The molecule has 0 aromatic heterocycles. The van der Waals surface area contributed by atoms with E-state index in [2.05, 4.69) is 13.8 Å². The largest absolute Gasteiger partial charge is 0.390 e. The summed E-state index contributed by atoms with van der Waals surface area (Å²) in [7, 11) is 0. The van der Waals surface area contributed by atoms with Crippen LogP contribution in [0.15, 0.2) is 24.3 Å². The molecule has 0 saturated heterocycles. The molecule has 1 saturated carbocycles. The van der Waals surface area contributed by atoms with Gasteiger partial charge in [0.05, 0.1) is 5.60 Å². The van der Waals surface area contributed by atoms with Crippen LogP contribution < -0.4 is 0 Å². The van der Waals surface area contributed by atoms with Gasteiger partial charge in [0.1, 0.15) is 5.82 Å². The fourth-order valence-electron chi connectivity index (χ4n) is 3.24. The topological polar surface area (TPSA) is 20.2 Å². The Labute approximate surface area is 115 Å². The number of aliphatic hydroxyl groups is 1. The molecule has 0 aliphatic heterocycles. The van der Waals surface area contributed by atoms with Crippen molar-refractivity contribution in [3.63, 3.8) is 0 Å². The molecule has 2 unspecified atom stereocenters. The first-order valence-electron chi connectivity index (χ1n) is 7.45. The van der Waals surface area contributed by atoms with Gasteiger partial charge in [0.15, 0.2) is 0 Å². The second-order valence-electron chi connectivity index (χ2n) is 6.46. The molecule has 0 heterocycles. The van der Waals surface area contributed by atoms with Crippen LogP contribution in [-0.2, 0) is 6.42 Å². The van der Waals surface area contributed by atoms with Crippen LogP contribution in [0.2, 0.25) is 0 Å². The van der Waals surface area contributed by atoms with Crippen LogP contribution in [0.25, 0.3) is 0 Å². The first kappa shape index (κ1) is 14.5. The lowest BCUT2D eigenvalue weighted by Crippen LogP contribution is -2.30. The fraction of sp³-hybridized carbons (Fsp3) is 0.647. The van der Waals surface area contributed by atoms with Crippen molar-refractivity contribution in [2.75, 3.05) is 0 Å². The highest BCUT2D eigenvalue weighted by molar-refractivity contribution is 5.18. The zero-order valence-corrected chi connectivity index (χ0v) is 12.0. The third-order valence-electron chi connectivity index (χ3n) is 4.59. The summed E-state index contributed by atoms with van der Waals surface area (Å²) in [6.45, 7) is 4.55. The molecule has 106 valence electrons. The van der Waals surface area contributed by atoms with Gasteiger partial charge in [0.25, 0.3) is 0 Å². The van der Waals surface area contributed by atoms with Crippen molar-refractivity contribution in [2.24, 2.45) is 11.8 Å². The Hall–Kier alpha value is -0.890. The Morgan fingerprint density at radius 1 is 1.21 bits per heavy atom. The number of rotatable bonds is 3. The van der Waals surface area contributed by atoms with E-state index < -0.39 is 5.60 Å². The summed E-state index contributed by atoms with van der Waals surface area (Å²) in [6, 6.07) is 6.54. The van der Waals surface area contributed by atoms with Crippen LogP contribution in [0, 0.1) is 17.7 Å². The Bertz CT molecular complexity index is 398. The van der Waals surface area contributed by atoms with E-state index in [-0.39, 0.29) is 5.82 Å². The van der Waals surface area contributed by atoms with E-state index in [0.717, 1.165) is 37.2 Å². The minimum absolute atomic E-state index is 0.212. The molecule has 1 fully saturated rings. The molecule has 1 N–H and O–H groups in total. The maximum Gasteiger partial charge on any atom is 0.123 e. The molecule has 1 nitrogen and oxygen atoms in total. The average molecular weight is 264 g/mol. The second kappa shape index (κ2) is 6.04. The van der Waals surface area contributed by atoms with Crippen LogP contribution in [0.5, 0.6) is 0 Å². The molecular formula is C17H25FO. The van der Waals surface area contributed by atoms with Crippen LogP contribution in [-0.4, -0.2) is 10.7 Å². The van der Waals surface area contributed by atoms with Gasteiger partial charge in [0, 0.05) is 6.42 Å². The van der Waals surface area contributed by atoms with Gasteiger partial charge in [-0.15, -0.1) is 0 Å². The van der Waals surface area contributed by atoms with Crippen molar-refractivity contribution in [3.05, 3.63) is 35.6 Å². The van der Waals surface area contributed by atoms with Crippen molar-refractivity contribution in [3.8, 4) is 0 Å². The van der Waals surface area contributed by atoms with Crippen LogP contribution in [0.4, 0.5) is 4.39 Å². The smallest absolute Gasteiger partial charge is 0.123 e. The normalized spacial score (nSPS) is 28.4. The highest BCUT2D eigenvalue weighted by Gasteiger charge is 2.31. The quantitative estimate of drug-likeness (QED) is 0.805. The van der Waals surface area contributed by atoms with Crippen molar-refractivity contribution < 1.29 is 9.50 Å². The molecule has 1 aromatic carbocycles. The summed E-state index contributed by atoms with van der Waals surface area (Å²) >= 11 is 0. The Morgan fingerprint density at radius 2 is 1.89 bits per heavy atom. The zero-order valence-electron chi connectivity index (χ0n) is 12.0. The van der Waals surface area contributed by atoms with E-state index in [1.165, 1.54) is 18.6 Å². The number of benzene rings is 1. The summed E-state index contributed by atoms with van der Waals surface area (Å²) in [6.07, 6.45) is 5.82. The minimum Gasteiger partial charge on any atom is -0.390 e. The van der Waals surface area contributed by atoms with Gasteiger partial charge in [0.2, 0.25) is 0 Å². The first-order chi connectivity index (χ1) is 8.98. The Morgan fingerprint density at radius 3 is 2.53 bits per heavy atom. The predicted molar refractivity (Wildman–Crippen MR) is 76.5 cm³/mol. The average Bonchev–Trinajstić information content (AvgIpc) is 2.55. The molecule has 19 heavy (non-hydrogen) atoms. The van der Waals surface area contributed by atoms with E-state index in [9.17, 15) is 9.50 Å². The van der Waals surface area contributed by atoms with Crippen molar-refractivity contribution >= 4 is 0 Å². The van der Waals surface area contributed by atoms with Crippen LogP contribution >= 0.6 is 0 Å². The summed E-state index contributed by atoms with van der Waals surface area (Å²) in [5, 5.41) is 10.8. The molecule has 2 rings (SSSR count). The van der Waals surface area contributed by atoms with Crippen molar-refractivity contribution in [2.45, 2.75) is 58.0 Å². The lowest BCUT2D eigenvalue weighted by molar-refractivity contribution is 0.0236. The molecule has 1 aromatic rings. The molecule has 0 spiro atoms. The zero-order chi connectivity index (χ0) is 13.9. The van der Waals surface area contributed by atoms with Gasteiger partial charge >= 0.3 is 0 Å². The van der Waals surface area contributed by atoms with Gasteiger partial charge in [-0.1, -0.05) is 38.8 Å². The molecule has 0 bridgehead atoms. The van der Waals surface area contributed by atoms with Gasteiger partial charge in [-0.05, 0) is 48.8 Å². The Balaban J connectivity index is 2.00. The molecule has 2 atom stereocenters. The first-order valence-corrected chi connectivity index (χ1v) is 7.45. The SMILES string of the molecule is CC(C)C1CCCC(O)(Cc2ccc(F)cc2)CC1. The van der Waals surface area contributed by atoms with Gasteiger partial charge in [-0.2, -0.15) is 0 Å². The summed E-state index contributed by atoms with van der Waals surface area (Å²) < 4.78 is 12.9. The summed E-state index contributed by atoms with van der Waals surface area (Å²) in [5.74, 6) is 1.23. The molecule has 1 aliphatic carbocycles. The molecule has 2 heteroatoms. The predicted octanol–water partition coefficient (Wildman–Crippen LogP) is 4.34. The van der Waals surface area contributed by atoms with Crippen LogP contribution in [0.1, 0.15) is 51.5 Å². The fourth-order valence-corrected chi connectivity index (χ4v) is 3.24. The highest BCUT2D eigenvalue weighted by Crippen LogP contribution is 2.35. The molecule has 0 amide bonds. The monoisotopic (exact) mass is 264 g/mol. The summed E-state index contributed by atoms with van der Waals surface area (Å²) in [5.41, 5.74) is 0.438. The molecular weight excluding hydrogens is 239 g/mol. The Kier molecular flexibility index (Phi) is 4.62. The molecule has 0 radical (unpaired) electrons. The number of hydrogen-bond donors (Lipinski definition) is 1. The van der Waals surface area contributed by atoms with Crippen molar-refractivity contribution in [1.29, 1.82) is 0 Å².